The molecule has 1 aromatic carbocycles. The van der Waals surface area contributed by atoms with Gasteiger partial charge >= 0.3 is 0 Å². The fraction of sp³-hybridized carbons (Fsp3) is 0.455. The number of hydrogen-bond acceptors (Lipinski definition) is 4. The molecule has 0 amide bonds. The van der Waals surface area contributed by atoms with Crippen LogP contribution in [0.3, 0.4) is 0 Å². The van der Waals surface area contributed by atoms with Gasteiger partial charge in [0.15, 0.2) is 0 Å². The second-order valence-electron chi connectivity index (χ2n) is 3.91. The maximum atomic E-state index is 10.6. The van der Waals surface area contributed by atoms with Crippen molar-refractivity contribution in [3.63, 3.8) is 0 Å². The lowest BCUT2D eigenvalue weighted by Crippen LogP contribution is -2.25. The first kappa shape index (κ1) is 10.9. The van der Waals surface area contributed by atoms with Crippen LogP contribution >= 0.6 is 0 Å². The molecule has 0 spiro atoms. The van der Waals surface area contributed by atoms with Gasteiger partial charge in [-0.05, 0) is 25.3 Å². The van der Waals surface area contributed by atoms with E-state index in [1.54, 1.807) is 12.1 Å². The van der Waals surface area contributed by atoms with Gasteiger partial charge < -0.3 is 9.84 Å². The summed E-state index contributed by atoms with van der Waals surface area (Å²) in [5.41, 5.74) is 0.00462. The van der Waals surface area contributed by atoms with Crippen LogP contribution in [0.25, 0.3) is 0 Å². The number of aliphatic hydroxyl groups excluding tert-OH is 1. The van der Waals surface area contributed by atoms with Crippen molar-refractivity contribution in [3.05, 3.63) is 34.4 Å². The Kier molecular flexibility index (Phi) is 3.05. The Morgan fingerprint density at radius 2 is 2.25 bits per heavy atom. The smallest absolute Gasteiger partial charge is 0.273 e. The summed E-state index contributed by atoms with van der Waals surface area (Å²) in [5, 5.41) is 20.1. The molecule has 1 aliphatic carbocycles. The van der Waals surface area contributed by atoms with Gasteiger partial charge in [0.2, 0.25) is 0 Å². The molecule has 1 saturated carbocycles. The summed E-state index contributed by atoms with van der Waals surface area (Å²) in [6.07, 6.45) is 1.77. The highest BCUT2D eigenvalue weighted by Gasteiger charge is 2.27. The van der Waals surface area contributed by atoms with Gasteiger partial charge in [0.25, 0.3) is 5.69 Å². The van der Waals surface area contributed by atoms with E-state index in [4.69, 9.17) is 4.74 Å². The Morgan fingerprint density at radius 1 is 1.44 bits per heavy atom. The minimum Gasteiger partial charge on any atom is -0.487 e. The second kappa shape index (κ2) is 4.49. The van der Waals surface area contributed by atoms with Gasteiger partial charge in [-0.2, -0.15) is 0 Å². The van der Waals surface area contributed by atoms with Gasteiger partial charge in [-0.15, -0.1) is 0 Å². The Hall–Kier alpha value is -1.62. The van der Waals surface area contributed by atoms with Crippen LogP contribution < -0.4 is 4.74 Å². The number of nitro benzene ring substituents is 1. The highest BCUT2D eigenvalue weighted by atomic mass is 16.6. The van der Waals surface area contributed by atoms with Gasteiger partial charge in [-0.25, -0.2) is 0 Å². The van der Waals surface area contributed by atoms with Crippen LogP contribution in [0.1, 0.15) is 19.3 Å². The van der Waals surface area contributed by atoms with Crippen molar-refractivity contribution < 1.29 is 14.8 Å². The maximum absolute atomic E-state index is 10.6. The molecule has 0 bridgehead atoms. The first-order valence-electron chi connectivity index (χ1n) is 5.26. The van der Waals surface area contributed by atoms with Gasteiger partial charge in [0, 0.05) is 6.07 Å². The number of nitrogens with zero attached hydrogens (tertiary/aromatic N) is 1. The highest BCUT2D eigenvalue weighted by molar-refractivity contribution is 5.38. The van der Waals surface area contributed by atoms with Crippen molar-refractivity contribution in [1.82, 2.24) is 0 Å². The van der Waals surface area contributed by atoms with Crippen LogP contribution in [0, 0.1) is 10.1 Å². The molecule has 0 radical (unpaired) electrons. The van der Waals surface area contributed by atoms with Crippen LogP contribution in [-0.2, 0) is 0 Å². The highest BCUT2D eigenvalue weighted by Crippen LogP contribution is 2.26. The van der Waals surface area contributed by atoms with Gasteiger partial charge in [-0.3, -0.25) is 10.1 Å². The Morgan fingerprint density at radius 3 is 2.88 bits per heavy atom. The van der Waals surface area contributed by atoms with Crippen molar-refractivity contribution in [2.24, 2.45) is 0 Å². The Balaban J connectivity index is 2.09. The summed E-state index contributed by atoms with van der Waals surface area (Å²) in [6, 6.07) is 6.04. The Labute approximate surface area is 92.8 Å². The fourth-order valence-electron chi connectivity index (χ4n) is 1.89. The van der Waals surface area contributed by atoms with Crippen molar-refractivity contribution in [2.45, 2.75) is 31.5 Å². The molecule has 1 aliphatic rings. The maximum Gasteiger partial charge on any atom is 0.273 e. The average molecular weight is 223 g/mol. The molecule has 0 unspecified atom stereocenters. The lowest BCUT2D eigenvalue weighted by molar-refractivity contribution is -0.385. The molecule has 86 valence electrons. The molecule has 1 fully saturated rings. The van der Waals surface area contributed by atoms with Gasteiger partial charge in [-0.1, -0.05) is 6.07 Å². The van der Waals surface area contributed by atoms with E-state index in [2.05, 4.69) is 0 Å². The quantitative estimate of drug-likeness (QED) is 0.627. The SMILES string of the molecule is O=[N+]([O-])c1cccc(O[C@@H]2CCC[C@H]2O)c1. The second-order valence-corrected chi connectivity index (χ2v) is 3.91. The lowest BCUT2D eigenvalue weighted by atomic mass is 10.2. The van der Waals surface area contributed by atoms with E-state index in [0.717, 1.165) is 19.3 Å². The average Bonchev–Trinajstić information content (AvgIpc) is 2.65. The minimum atomic E-state index is -0.460. The zero-order chi connectivity index (χ0) is 11.5. The van der Waals surface area contributed by atoms with Crippen molar-refractivity contribution in [2.75, 3.05) is 0 Å². The molecule has 5 nitrogen and oxygen atoms in total. The summed E-state index contributed by atoms with van der Waals surface area (Å²) in [5.74, 6) is 0.445. The fourth-order valence-corrected chi connectivity index (χ4v) is 1.89. The first-order chi connectivity index (χ1) is 7.66. The van der Waals surface area contributed by atoms with E-state index in [1.165, 1.54) is 12.1 Å². The van der Waals surface area contributed by atoms with E-state index in [0.29, 0.717) is 5.75 Å². The standard InChI is InChI=1S/C11H13NO4/c13-10-5-2-6-11(10)16-9-4-1-3-8(7-9)12(14)15/h1,3-4,7,10-11,13H,2,5-6H2/t10-,11-/m1/s1. The van der Waals surface area contributed by atoms with E-state index >= 15 is 0 Å². The van der Waals surface area contributed by atoms with E-state index in [1.807, 2.05) is 0 Å². The molecule has 1 aromatic rings. The third-order valence-electron chi connectivity index (χ3n) is 2.73. The zero-order valence-corrected chi connectivity index (χ0v) is 8.70. The molecule has 16 heavy (non-hydrogen) atoms. The molecule has 0 saturated heterocycles. The number of non-ortho nitro benzene ring substituents is 1. The molecular formula is C11H13NO4. The lowest BCUT2D eigenvalue weighted by Gasteiger charge is -2.16. The predicted octanol–water partition coefficient (Wildman–Crippen LogP) is 1.89. The van der Waals surface area contributed by atoms with Crippen molar-refractivity contribution in [1.29, 1.82) is 0 Å². The molecule has 5 heteroatoms. The normalized spacial score (nSPS) is 24.3. The third-order valence-corrected chi connectivity index (χ3v) is 2.73. The van der Waals surface area contributed by atoms with Crippen LogP contribution in [0.15, 0.2) is 24.3 Å². The molecule has 2 rings (SSSR count). The molecule has 0 aromatic heterocycles. The minimum absolute atomic E-state index is 0.00462. The molecule has 1 N–H and O–H groups in total. The summed E-state index contributed by atoms with van der Waals surface area (Å²) < 4.78 is 5.52. The predicted molar refractivity (Wildman–Crippen MR) is 57.4 cm³/mol. The third kappa shape index (κ3) is 2.30. The van der Waals surface area contributed by atoms with Crippen LogP contribution in [-0.4, -0.2) is 22.2 Å². The molecule has 2 atom stereocenters. The van der Waals surface area contributed by atoms with Gasteiger partial charge in [0.1, 0.15) is 11.9 Å². The molecule has 0 heterocycles. The summed E-state index contributed by atoms with van der Waals surface area (Å²) in [7, 11) is 0. The molecule has 0 aliphatic heterocycles. The van der Waals surface area contributed by atoms with Crippen LogP contribution in [0.4, 0.5) is 5.69 Å². The number of benzene rings is 1. The van der Waals surface area contributed by atoms with E-state index in [-0.39, 0.29) is 11.8 Å². The summed E-state index contributed by atoms with van der Waals surface area (Å²) in [6.45, 7) is 0. The topological polar surface area (TPSA) is 72.6 Å². The van der Waals surface area contributed by atoms with Gasteiger partial charge in [0.05, 0.1) is 17.1 Å². The van der Waals surface area contributed by atoms with Crippen LogP contribution in [0.2, 0.25) is 0 Å². The van der Waals surface area contributed by atoms with E-state index < -0.39 is 11.0 Å². The van der Waals surface area contributed by atoms with Crippen molar-refractivity contribution >= 4 is 5.69 Å². The first-order valence-corrected chi connectivity index (χ1v) is 5.26. The zero-order valence-electron chi connectivity index (χ0n) is 8.70. The summed E-state index contributed by atoms with van der Waals surface area (Å²) in [4.78, 5) is 10.1. The summed E-state index contributed by atoms with van der Waals surface area (Å²) >= 11 is 0. The number of hydrogen-bond donors (Lipinski definition) is 1. The number of ether oxygens (including phenoxy) is 1. The monoisotopic (exact) mass is 223 g/mol. The van der Waals surface area contributed by atoms with Crippen molar-refractivity contribution in [3.8, 4) is 5.75 Å². The van der Waals surface area contributed by atoms with Crippen LogP contribution in [0.5, 0.6) is 5.75 Å². The number of nitro groups is 1. The number of rotatable bonds is 3. The number of aliphatic hydroxyl groups is 1. The molecular weight excluding hydrogens is 210 g/mol. The Bertz CT molecular complexity index is 393. The van der Waals surface area contributed by atoms with E-state index in [9.17, 15) is 15.2 Å². The largest absolute Gasteiger partial charge is 0.487 e.